The summed E-state index contributed by atoms with van der Waals surface area (Å²) in [7, 11) is 0. The first-order chi connectivity index (χ1) is 32.0. The van der Waals surface area contributed by atoms with Crippen molar-refractivity contribution in [3.8, 4) is 0 Å². The first-order valence-electron chi connectivity index (χ1n) is 27.1. The quantitative estimate of drug-likeness (QED) is 0.00940. The molecule has 0 rings (SSSR count). The monoisotopic (exact) mass is 913 g/mol. The lowest BCUT2D eigenvalue weighted by Gasteiger charge is -2.17. The number of hydrogen-bond acceptors (Lipinski definition) is 8. The van der Waals surface area contributed by atoms with Crippen molar-refractivity contribution in [2.75, 3.05) is 13.2 Å². The van der Waals surface area contributed by atoms with Gasteiger partial charge in [0.25, 0.3) is 0 Å². The van der Waals surface area contributed by atoms with E-state index in [1.54, 1.807) is 6.08 Å². The molecule has 0 saturated carbocycles. The Balaban J connectivity index is 4.61. The van der Waals surface area contributed by atoms with Crippen molar-refractivity contribution in [2.24, 2.45) is 0 Å². The Bertz CT molecular complexity index is 1200. The fourth-order valence-corrected chi connectivity index (χ4v) is 7.60. The van der Waals surface area contributed by atoms with E-state index in [-0.39, 0.29) is 31.3 Å². The lowest BCUT2D eigenvalue weighted by molar-refractivity contribution is -0.281. The van der Waals surface area contributed by atoms with Crippen LogP contribution in [0.2, 0.25) is 0 Å². The van der Waals surface area contributed by atoms with Crippen LogP contribution in [-0.2, 0) is 33.5 Å². The fraction of sp³-hybridized carbons (Fsp3) is 0.772. The standard InChI is InChI=1S/C57H100O8/c1-4-7-10-13-16-18-20-22-24-26-28-30-32-38-43-48-55(58)62-51-54(52-63-56(59)49-44-39-33-31-29-27-25-23-21-19-17-14-11-8-5-2)64-57(60)50-45-40-35-34-37-42-47-53(65-61)46-41-36-15-12-9-6-3/h16,18,22-25,35,40,45,50,53-54,61H,4-15,17,19-21,26-34,36-39,41-44,46-49,51-52H2,1-3H3/b18-16-,24-22-,25-23-,40-35?,50-45?. The molecule has 8 heteroatoms. The maximum absolute atomic E-state index is 12.7. The van der Waals surface area contributed by atoms with Crippen molar-refractivity contribution in [3.63, 3.8) is 0 Å². The summed E-state index contributed by atoms with van der Waals surface area (Å²) < 4.78 is 16.6. The molecule has 2 atom stereocenters. The minimum Gasteiger partial charge on any atom is -0.462 e. The number of ether oxygens (including phenoxy) is 3. The molecule has 0 aliphatic heterocycles. The highest BCUT2D eigenvalue weighted by atomic mass is 17.1. The van der Waals surface area contributed by atoms with Crippen LogP contribution in [0.25, 0.3) is 0 Å². The third-order valence-electron chi connectivity index (χ3n) is 11.8. The molecule has 0 fully saturated rings. The van der Waals surface area contributed by atoms with Crippen LogP contribution in [0, 0.1) is 0 Å². The first kappa shape index (κ1) is 62.0. The Morgan fingerprint density at radius 1 is 0.415 bits per heavy atom. The van der Waals surface area contributed by atoms with E-state index in [1.165, 1.54) is 115 Å². The van der Waals surface area contributed by atoms with Gasteiger partial charge in [-0.3, -0.25) is 14.8 Å². The Hall–Kier alpha value is -2.97. The number of carbonyl (C=O) groups is 3. The lowest BCUT2D eigenvalue weighted by Crippen LogP contribution is -2.30. The highest BCUT2D eigenvalue weighted by Crippen LogP contribution is 2.16. The minimum atomic E-state index is -0.888. The van der Waals surface area contributed by atoms with Gasteiger partial charge >= 0.3 is 17.9 Å². The van der Waals surface area contributed by atoms with Crippen LogP contribution in [0.3, 0.4) is 0 Å². The van der Waals surface area contributed by atoms with E-state index in [2.05, 4.69) is 57.2 Å². The first-order valence-corrected chi connectivity index (χ1v) is 27.1. The number of allylic oxidation sites excluding steroid dienone is 9. The Morgan fingerprint density at radius 2 is 0.785 bits per heavy atom. The molecule has 0 spiro atoms. The third-order valence-corrected chi connectivity index (χ3v) is 11.8. The highest BCUT2D eigenvalue weighted by molar-refractivity contribution is 5.82. The third kappa shape index (κ3) is 48.8. The van der Waals surface area contributed by atoms with E-state index in [9.17, 15) is 19.6 Å². The second-order valence-electron chi connectivity index (χ2n) is 18.1. The van der Waals surface area contributed by atoms with E-state index in [4.69, 9.17) is 19.1 Å². The van der Waals surface area contributed by atoms with Gasteiger partial charge in [-0.1, -0.05) is 204 Å². The van der Waals surface area contributed by atoms with E-state index in [0.29, 0.717) is 12.8 Å². The molecular weight excluding hydrogens is 813 g/mol. The van der Waals surface area contributed by atoms with E-state index < -0.39 is 12.1 Å². The Labute approximate surface area is 399 Å². The summed E-state index contributed by atoms with van der Waals surface area (Å²) in [4.78, 5) is 42.7. The van der Waals surface area contributed by atoms with Gasteiger partial charge in [-0.05, 0) is 96.3 Å². The SMILES string of the molecule is CCCCC/C=C\C/C=C\CCCCCCCC(=O)OCC(COC(=O)CCCCCCC/C=C\CCCCCCCC)OC(=O)C=CC=CCCCCC(CCCCCCCC)OO. The number of unbranched alkanes of at least 4 members (excludes halogenated alkanes) is 26. The number of hydrogen-bond donors (Lipinski definition) is 1. The molecule has 0 aromatic rings. The van der Waals surface area contributed by atoms with Gasteiger partial charge in [-0.2, -0.15) is 0 Å². The maximum atomic E-state index is 12.7. The smallest absolute Gasteiger partial charge is 0.331 e. The average Bonchev–Trinajstić information content (AvgIpc) is 3.31. The van der Waals surface area contributed by atoms with E-state index in [0.717, 1.165) is 116 Å². The number of carbonyl (C=O) groups excluding carboxylic acids is 3. The second-order valence-corrected chi connectivity index (χ2v) is 18.1. The van der Waals surface area contributed by atoms with Crippen LogP contribution in [0.4, 0.5) is 0 Å². The maximum Gasteiger partial charge on any atom is 0.331 e. The summed E-state index contributed by atoms with van der Waals surface area (Å²) in [6.07, 6.45) is 59.5. The lowest BCUT2D eigenvalue weighted by atomic mass is 10.0. The van der Waals surface area contributed by atoms with E-state index >= 15 is 0 Å². The molecule has 8 nitrogen and oxygen atoms in total. The van der Waals surface area contributed by atoms with Gasteiger partial charge in [0.05, 0.1) is 6.10 Å². The van der Waals surface area contributed by atoms with Crippen molar-refractivity contribution >= 4 is 17.9 Å². The fourth-order valence-electron chi connectivity index (χ4n) is 7.60. The molecule has 0 bridgehead atoms. The molecular formula is C57H100O8. The molecule has 65 heavy (non-hydrogen) atoms. The zero-order valence-electron chi connectivity index (χ0n) is 42.3. The van der Waals surface area contributed by atoms with Gasteiger partial charge in [0, 0.05) is 18.9 Å². The zero-order valence-corrected chi connectivity index (χ0v) is 42.3. The van der Waals surface area contributed by atoms with Crippen molar-refractivity contribution in [1.29, 1.82) is 0 Å². The van der Waals surface area contributed by atoms with Crippen LogP contribution in [-0.4, -0.2) is 48.6 Å². The van der Waals surface area contributed by atoms with Crippen molar-refractivity contribution in [2.45, 2.75) is 271 Å². The van der Waals surface area contributed by atoms with Crippen LogP contribution in [0.1, 0.15) is 258 Å². The predicted molar refractivity (Wildman–Crippen MR) is 273 cm³/mol. The molecule has 0 aliphatic carbocycles. The van der Waals surface area contributed by atoms with Gasteiger partial charge in [0.1, 0.15) is 13.2 Å². The topological polar surface area (TPSA) is 108 Å². The molecule has 0 aromatic heterocycles. The van der Waals surface area contributed by atoms with Crippen LogP contribution in [0.15, 0.2) is 60.8 Å². The summed E-state index contributed by atoms with van der Waals surface area (Å²) in [6.45, 7) is 6.39. The Kier molecular flexibility index (Phi) is 49.6. The summed E-state index contributed by atoms with van der Waals surface area (Å²) >= 11 is 0. The Morgan fingerprint density at radius 3 is 1.28 bits per heavy atom. The van der Waals surface area contributed by atoms with Gasteiger partial charge in [-0.25, -0.2) is 9.68 Å². The average molecular weight is 913 g/mol. The van der Waals surface area contributed by atoms with Crippen molar-refractivity contribution in [3.05, 3.63) is 60.8 Å². The normalized spacial score (nSPS) is 13.0. The summed E-state index contributed by atoms with van der Waals surface area (Å²) in [5, 5.41) is 9.28. The van der Waals surface area contributed by atoms with Gasteiger partial charge < -0.3 is 14.2 Å². The van der Waals surface area contributed by atoms with Crippen LogP contribution < -0.4 is 0 Å². The molecule has 2 unspecified atom stereocenters. The largest absolute Gasteiger partial charge is 0.462 e. The van der Waals surface area contributed by atoms with Crippen LogP contribution >= 0.6 is 0 Å². The number of rotatable bonds is 49. The molecule has 0 heterocycles. The molecule has 376 valence electrons. The molecule has 1 N–H and O–H groups in total. The van der Waals surface area contributed by atoms with Gasteiger partial charge in [-0.15, -0.1) is 0 Å². The summed E-state index contributed by atoms with van der Waals surface area (Å²) in [5.41, 5.74) is 0. The molecule has 0 aromatic carbocycles. The predicted octanol–water partition coefficient (Wildman–Crippen LogP) is 17.1. The summed E-state index contributed by atoms with van der Waals surface area (Å²) in [6, 6.07) is 0. The van der Waals surface area contributed by atoms with Gasteiger partial charge in [0.15, 0.2) is 6.10 Å². The molecule has 0 amide bonds. The number of esters is 3. The van der Waals surface area contributed by atoms with Crippen LogP contribution in [0.5, 0.6) is 0 Å². The summed E-state index contributed by atoms with van der Waals surface area (Å²) in [5.74, 6) is -1.26. The molecule has 0 radical (unpaired) electrons. The molecule has 0 aliphatic rings. The van der Waals surface area contributed by atoms with E-state index in [1.807, 2.05) is 12.2 Å². The van der Waals surface area contributed by atoms with Gasteiger partial charge in [0.2, 0.25) is 0 Å². The zero-order chi connectivity index (χ0) is 47.4. The minimum absolute atomic E-state index is 0.108. The van der Waals surface area contributed by atoms with Crippen molar-refractivity contribution in [1.82, 2.24) is 0 Å². The second kappa shape index (κ2) is 52.0. The highest BCUT2D eigenvalue weighted by Gasteiger charge is 2.18. The van der Waals surface area contributed by atoms with Crippen molar-refractivity contribution < 1.29 is 38.7 Å². The molecule has 0 saturated heterocycles.